The van der Waals surface area contributed by atoms with Gasteiger partial charge in [-0.25, -0.2) is 4.39 Å². The molecule has 2 bridgehead atoms. The minimum absolute atomic E-state index is 0.159. The first-order valence-electron chi connectivity index (χ1n) is 6.40. The Kier molecular flexibility index (Phi) is 2.88. The molecule has 0 amide bonds. The van der Waals surface area contributed by atoms with Gasteiger partial charge in [-0.05, 0) is 37.0 Å². The van der Waals surface area contributed by atoms with Crippen LogP contribution in [0, 0.1) is 12.7 Å². The van der Waals surface area contributed by atoms with Crippen molar-refractivity contribution in [2.45, 2.75) is 37.5 Å². The number of fused-ring (bicyclic) bond motifs is 2. The molecule has 0 aliphatic carbocycles. The van der Waals surface area contributed by atoms with Gasteiger partial charge in [-0.2, -0.15) is 0 Å². The van der Waals surface area contributed by atoms with Crippen molar-refractivity contribution < 1.29 is 14.2 Å². The van der Waals surface area contributed by atoms with Crippen LogP contribution in [0.25, 0.3) is 0 Å². The molecule has 0 radical (unpaired) electrons. The second kappa shape index (κ2) is 4.30. The Hall–Kier alpha value is -0.970. The maximum atomic E-state index is 13.6. The van der Waals surface area contributed by atoms with Gasteiger partial charge in [0.2, 0.25) is 0 Å². The second-order valence-electron chi connectivity index (χ2n) is 5.50. The number of piperidine rings is 1. The molecule has 2 N–H and O–H groups in total. The molecule has 2 atom stereocenters. The molecule has 3 nitrogen and oxygen atoms in total. The molecule has 98 valence electrons. The van der Waals surface area contributed by atoms with Crippen molar-refractivity contribution in [3.05, 3.63) is 35.1 Å². The fourth-order valence-electron chi connectivity index (χ4n) is 3.03. The van der Waals surface area contributed by atoms with Crippen LogP contribution >= 0.6 is 0 Å². The summed E-state index contributed by atoms with van der Waals surface area (Å²) in [6.45, 7) is 2.97. The first-order chi connectivity index (χ1) is 8.57. The largest absolute Gasteiger partial charge is 0.385 e. The molecule has 0 aromatic heterocycles. The van der Waals surface area contributed by atoms with E-state index in [2.05, 4.69) is 5.32 Å². The SMILES string of the molecule is Cc1ccc(C2(O)CC3COCC(C2)N3)cc1F. The average Bonchev–Trinajstić information content (AvgIpc) is 2.32. The van der Waals surface area contributed by atoms with Gasteiger partial charge < -0.3 is 15.2 Å². The number of benzene rings is 1. The molecule has 2 saturated heterocycles. The number of aryl methyl sites for hydroxylation is 1. The summed E-state index contributed by atoms with van der Waals surface area (Å²) in [6, 6.07) is 5.35. The zero-order chi connectivity index (χ0) is 12.8. The van der Waals surface area contributed by atoms with Gasteiger partial charge in [0.25, 0.3) is 0 Å². The summed E-state index contributed by atoms with van der Waals surface area (Å²) in [4.78, 5) is 0. The predicted octanol–water partition coefficient (Wildman–Crippen LogP) is 1.47. The summed E-state index contributed by atoms with van der Waals surface area (Å²) in [5.41, 5.74) is 0.364. The fraction of sp³-hybridized carbons (Fsp3) is 0.571. The van der Waals surface area contributed by atoms with E-state index in [1.54, 1.807) is 13.0 Å². The molecular weight excluding hydrogens is 233 g/mol. The molecule has 0 spiro atoms. The van der Waals surface area contributed by atoms with E-state index in [1.165, 1.54) is 6.07 Å². The molecule has 4 heteroatoms. The quantitative estimate of drug-likeness (QED) is 0.794. The molecule has 2 aliphatic rings. The zero-order valence-electron chi connectivity index (χ0n) is 10.4. The molecule has 2 heterocycles. The van der Waals surface area contributed by atoms with E-state index in [0.717, 1.165) is 0 Å². The van der Waals surface area contributed by atoms with Gasteiger partial charge >= 0.3 is 0 Å². The Balaban J connectivity index is 1.91. The maximum Gasteiger partial charge on any atom is 0.126 e. The molecule has 2 fully saturated rings. The summed E-state index contributed by atoms with van der Waals surface area (Å²) in [6.07, 6.45) is 1.15. The first kappa shape index (κ1) is 12.1. The lowest BCUT2D eigenvalue weighted by atomic mass is 9.78. The Morgan fingerprint density at radius 2 is 2.00 bits per heavy atom. The van der Waals surface area contributed by atoms with Crippen molar-refractivity contribution in [1.82, 2.24) is 5.32 Å². The predicted molar refractivity (Wildman–Crippen MR) is 65.8 cm³/mol. The zero-order valence-corrected chi connectivity index (χ0v) is 10.4. The molecular formula is C14H18FNO2. The van der Waals surface area contributed by atoms with Gasteiger partial charge in [0.15, 0.2) is 0 Å². The Bertz CT molecular complexity index is 451. The van der Waals surface area contributed by atoms with Crippen molar-refractivity contribution in [3.63, 3.8) is 0 Å². The van der Waals surface area contributed by atoms with E-state index in [0.29, 0.717) is 37.2 Å². The third-order valence-electron chi connectivity index (χ3n) is 3.99. The number of halogens is 1. The number of nitrogens with one attached hydrogen (secondary N) is 1. The highest BCUT2D eigenvalue weighted by molar-refractivity contribution is 5.29. The van der Waals surface area contributed by atoms with Crippen molar-refractivity contribution >= 4 is 0 Å². The Labute approximate surface area is 106 Å². The third-order valence-corrected chi connectivity index (χ3v) is 3.99. The van der Waals surface area contributed by atoms with Gasteiger partial charge in [-0.3, -0.25) is 0 Å². The molecule has 2 unspecified atom stereocenters. The molecule has 3 rings (SSSR count). The number of aliphatic hydroxyl groups is 1. The maximum absolute atomic E-state index is 13.6. The summed E-state index contributed by atoms with van der Waals surface area (Å²) >= 11 is 0. The van der Waals surface area contributed by atoms with E-state index in [-0.39, 0.29) is 17.9 Å². The molecule has 18 heavy (non-hydrogen) atoms. The van der Waals surface area contributed by atoms with Crippen LogP contribution in [0.4, 0.5) is 4.39 Å². The lowest BCUT2D eigenvalue weighted by Crippen LogP contribution is -2.58. The summed E-state index contributed by atoms with van der Waals surface area (Å²) in [5, 5.41) is 14.2. The van der Waals surface area contributed by atoms with Crippen LogP contribution in [0.5, 0.6) is 0 Å². The van der Waals surface area contributed by atoms with Crippen LogP contribution in [-0.4, -0.2) is 30.4 Å². The van der Waals surface area contributed by atoms with E-state index in [1.807, 2.05) is 6.07 Å². The van der Waals surface area contributed by atoms with Crippen molar-refractivity contribution in [3.8, 4) is 0 Å². The molecule has 0 saturated carbocycles. The summed E-state index contributed by atoms with van der Waals surface area (Å²) in [5.74, 6) is -0.249. The van der Waals surface area contributed by atoms with Gasteiger partial charge in [-0.15, -0.1) is 0 Å². The van der Waals surface area contributed by atoms with Crippen LogP contribution in [0.2, 0.25) is 0 Å². The lowest BCUT2D eigenvalue weighted by Gasteiger charge is -2.45. The second-order valence-corrected chi connectivity index (χ2v) is 5.50. The van der Waals surface area contributed by atoms with Gasteiger partial charge in [0, 0.05) is 12.1 Å². The third kappa shape index (κ3) is 2.05. The highest BCUT2D eigenvalue weighted by Gasteiger charge is 2.42. The smallest absolute Gasteiger partial charge is 0.126 e. The van der Waals surface area contributed by atoms with Gasteiger partial charge in [0.1, 0.15) is 5.82 Å². The van der Waals surface area contributed by atoms with Crippen LogP contribution in [-0.2, 0) is 10.3 Å². The summed E-state index contributed by atoms with van der Waals surface area (Å²) in [7, 11) is 0. The fourth-order valence-corrected chi connectivity index (χ4v) is 3.03. The van der Waals surface area contributed by atoms with E-state index < -0.39 is 5.60 Å². The minimum atomic E-state index is -0.932. The minimum Gasteiger partial charge on any atom is -0.385 e. The highest BCUT2D eigenvalue weighted by Crippen LogP contribution is 2.37. The normalized spacial score (nSPS) is 35.5. The van der Waals surface area contributed by atoms with Crippen molar-refractivity contribution in [1.29, 1.82) is 0 Å². The van der Waals surface area contributed by atoms with Gasteiger partial charge in [-0.1, -0.05) is 12.1 Å². The number of rotatable bonds is 1. The highest BCUT2D eigenvalue weighted by atomic mass is 19.1. The number of ether oxygens (including phenoxy) is 1. The monoisotopic (exact) mass is 251 g/mol. The molecule has 1 aromatic rings. The van der Waals surface area contributed by atoms with Crippen LogP contribution in [0.3, 0.4) is 0 Å². The van der Waals surface area contributed by atoms with Crippen molar-refractivity contribution in [2.75, 3.05) is 13.2 Å². The molecule has 2 aliphatic heterocycles. The van der Waals surface area contributed by atoms with Crippen molar-refractivity contribution in [2.24, 2.45) is 0 Å². The molecule has 1 aromatic carbocycles. The van der Waals surface area contributed by atoms with E-state index in [9.17, 15) is 9.50 Å². The number of hydrogen-bond acceptors (Lipinski definition) is 3. The Morgan fingerprint density at radius 3 is 2.61 bits per heavy atom. The Morgan fingerprint density at radius 1 is 1.33 bits per heavy atom. The van der Waals surface area contributed by atoms with Crippen LogP contribution in [0.1, 0.15) is 24.0 Å². The first-order valence-corrected chi connectivity index (χ1v) is 6.40. The number of hydrogen-bond donors (Lipinski definition) is 2. The topological polar surface area (TPSA) is 41.5 Å². The van der Waals surface area contributed by atoms with Gasteiger partial charge in [0.05, 0.1) is 18.8 Å². The van der Waals surface area contributed by atoms with Crippen LogP contribution in [0.15, 0.2) is 18.2 Å². The van der Waals surface area contributed by atoms with Crippen LogP contribution < -0.4 is 5.32 Å². The standard InChI is InChI=1S/C14H18FNO2/c1-9-2-3-10(4-13(9)15)14(17)5-11-7-18-8-12(6-14)16-11/h2-4,11-12,16-17H,5-8H2,1H3. The van der Waals surface area contributed by atoms with E-state index >= 15 is 0 Å². The lowest BCUT2D eigenvalue weighted by molar-refractivity contribution is -0.0803. The number of morpholine rings is 1. The average molecular weight is 251 g/mol. The van der Waals surface area contributed by atoms with E-state index in [4.69, 9.17) is 4.74 Å². The summed E-state index contributed by atoms with van der Waals surface area (Å²) < 4.78 is 19.1.